The number of esters is 1. The third-order valence-corrected chi connectivity index (χ3v) is 2.96. The van der Waals surface area contributed by atoms with Crippen molar-refractivity contribution in [2.75, 3.05) is 13.7 Å². The standard InChI is InChI=1S/C13H13NO5/c1-19-13(18)12(8-2-4-9(15)5-3-8)14-7-10(16)6-11(14)17/h2-5,12,15H,6-7H2,1H3/t12-/m1/s1. The monoisotopic (exact) mass is 263 g/mol. The van der Waals surface area contributed by atoms with E-state index in [4.69, 9.17) is 0 Å². The Morgan fingerprint density at radius 2 is 1.95 bits per heavy atom. The maximum atomic E-state index is 11.8. The molecule has 6 nitrogen and oxygen atoms in total. The van der Waals surface area contributed by atoms with Gasteiger partial charge in [0.2, 0.25) is 5.91 Å². The number of hydrogen-bond acceptors (Lipinski definition) is 5. The van der Waals surface area contributed by atoms with Gasteiger partial charge in [0, 0.05) is 0 Å². The zero-order valence-corrected chi connectivity index (χ0v) is 10.3. The molecule has 1 aliphatic rings. The summed E-state index contributed by atoms with van der Waals surface area (Å²) in [6, 6.07) is 4.91. The fraction of sp³-hybridized carbons (Fsp3) is 0.308. The third kappa shape index (κ3) is 2.57. The van der Waals surface area contributed by atoms with Gasteiger partial charge in [0.25, 0.3) is 0 Å². The number of ether oxygens (including phenoxy) is 1. The van der Waals surface area contributed by atoms with Gasteiger partial charge in [-0.05, 0) is 17.7 Å². The van der Waals surface area contributed by atoms with Gasteiger partial charge in [0.15, 0.2) is 11.8 Å². The molecular formula is C13H13NO5. The van der Waals surface area contributed by atoms with Gasteiger partial charge >= 0.3 is 5.97 Å². The van der Waals surface area contributed by atoms with Crippen LogP contribution in [-0.2, 0) is 19.1 Å². The van der Waals surface area contributed by atoms with Crippen LogP contribution < -0.4 is 0 Å². The van der Waals surface area contributed by atoms with Gasteiger partial charge in [-0.3, -0.25) is 9.59 Å². The van der Waals surface area contributed by atoms with Crippen molar-refractivity contribution in [3.05, 3.63) is 29.8 Å². The van der Waals surface area contributed by atoms with E-state index >= 15 is 0 Å². The summed E-state index contributed by atoms with van der Waals surface area (Å²) in [5, 5.41) is 9.24. The Kier molecular flexibility index (Phi) is 3.50. The molecule has 0 radical (unpaired) electrons. The Morgan fingerprint density at radius 1 is 1.32 bits per heavy atom. The Morgan fingerprint density at radius 3 is 2.42 bits per heavy atom. The SMILES string of the molecule is COC(=O)[C@@H](c1ccc(O)cc1)N1CC(=O)CC1=O. The van der Waals surface area contributed by atoms with E-state index < -0.39 is 17.9 Å². The number of rotatable bonds is 3. The van der Waals surface area contributed by atoms with E-state index in [2.05, 4.69) is 4.74 Å². The Bertz CT molecular complexity index is 522. The quantitative estimate of drug-likeness (QED) is 0.630. The fourth-order valence-electron chi connectivity index (χ4n) is 2.05. The van der Waals surface area contributed by atoms with Crippen LogP contribution in [0, 0.1) is 0 Å². The lowest BCUT2D eigenvalue weighted by atomic mass is 10.1. The van der Waals surface area contributed by atoms with Gasteiger partial charge in [0.1, 0.15) is 5.75 Å². The Balaban J connectivity index is 2.36. The number of likely N-dealkylation sites (tertiary alicyclic amines) is 1. The molecule has 100 valence electrons. The molecule has 1 aromatic carbocycles. The topological polar surface area (TPSA) is 83.9 Å². The van der Waals surface area contributed by atoms with Gasteiger partial charge < -0.3 is 14.7 Å². The molecule has 1 heterocycles. The largest absolute Gasteiger partial charge is 0.508 e. The van der Waals surface area contributed by atoms with Crippen molar-refractivity contribution in [2.24, 2.45) is 0 Å². The van der Waals surface area contributed by atoms with Crippen LogP contribution in [0.5, 0.6) is 5.75 Å². The minimum atomic E-state index is -0.954. The van der Waals surface area contributed by atoms with Gasteiger partial charge in [-0.1, -0.05) is 12.1 Å². The molecule has 0 unspecified atom stereocenters. The molecule has 0 aromatic heterocycles. The normalized spacial score (nSPS) is 16.6. The molecule has 0 spiro atoms. The number of phenolic OH excluding ortho intramolecular Hbond substituents is 1. The second-order valence-electron chi connectivity index (χ2n) is 4.25. The van der Waals surface area contributed by atoms with Crippen LogP contribution in [0.25, 0.3) is 0 Å². The maximum Gasteiger partial charge on any atom is 0.333 e. The summed E-state index contributed by atoms with van der Waals surface area (Å²) in [5.74, 6) is -1.18. The van der Waals surface area contributed by atoms with Crippen LogP contribution in [0.3, 0.4) is 0 Å². The Hall–Kier alpha value is -2.37. The molecule has 1 aliphatic heterocycles. The zero-order chi connectivity index (χ0) is 14.0. The first-order valence-corrected chi connectivity index (χ1v) is 5.71. The first kappa shape index (κ1) is 13.1. The number of phenols is 1. The highest BCUT2D eigenvalue weighted by Gasteiger charge is 2.38. The molecule has 0 bridgehead atoms. The molecule has 1 atom stereocenters. The van der Waals surface area contributed by atoms with Crippen molar-refractivity contribution in [3.8, 4) is 5.75 Å². The van der Waals surface area contributed by atoms with Crippen LogP contribution >= 0.6 is 0 Å². The fourth-order valence-corrected chi connectivity index (χ4v) is 2.05. The molecule has 1 N–H and O–H groups in total. The van der Waals surface area contributed by atoms with Gasteiger partial charge in [0.05, 0.1) is 20.1 Å². The van der Waals surface area contributed by atoms with Crippen LogP contribution in [0.2, 0.25) is 0 Å². The number of aromatic hydroxyl groups is 1. The first-order valence-electron chi connectivity index (χ1n) is 5.71. The minimum absolute atomic E-state index is 0.0520. The van der Waals surface area contributed by atoms with Crippen LogP contribution in [0.1, 0.15) is 18.0 Å². The molecule has 0 aliphatic carbocycles. The number of ketones is 1. The zero-order valence-electron chi connectivity index (χ0n) is 10.3. The highest BCUT2D eigenvalue weighted by atomic mass is 16.5. The molecular weight excluding hydrogens is 250 g/mol. The summed E-state index contributed by atoms with van der Waals surface area (Å²) < 4.78 is 4.69. The maximum absolute atomic E-state index is 11.8. The second kappa shape index (κ2) is 5.09. The highest BCUT2D eigenvalue weighted by molar-refractivity contribution is 6.06. The second-order valence-corrected chi connectivity index (χ2v) is 4.25. The number of carbonyl (C=O) groups excluding carboxylic acids is 3. The van der Waals surface area contributed by atoms with E-state index in [0.717, 1.165) is 0 Å². The van der Waals surface area contributed by atoms with Crippen molar-refractivity contribution in [2.45, 2.75) is 12.5 Å². The Labute approximate surface area is 109 Å². The van der Waals surface area contributed by atoms with Crippen LogP contribution in [-0.4, -0.2) is 41.3 Å². The van der Waals surface area contributed by atoms with Crippen LogP contribution in [0.4, 0.5) is 0 Å². The number of methoxy groups -OCH3 is 1. The smallest absolute Gasteiger partial charge is 0.333 e. The van der Waals surface area contributed by atoms with E-state index in [0.29, 0.717) is 5.56 Å². The molecule has 1 aromatic rings. The molecule has 6 heteroatoms. The number of nitrogens with zero attached hydrogens (tertiary/aromatic N) is 1. The van der Waals surface area contributed by atoms with Crippen molar-refractivity contribution in [1.29, 1.82) is 0 Å². The summed E-state index contributed by atoms with van der Waals surface area (Å²) in [5.41, 5.74) is 0.493. The van der Waals surface area contributed by atoms with Crippen molar-refractivity contribution in [1.82, 2.24) is 4.90 Å². The number of Topliss-reactive ketones (excluding diaryl/α,β-unsaturated/α-hetero) is 1. The van der Waals surface area contributed by atoms with Crippen LogP contribution in [0.15, 0.2) is 24.3 Å². The summed E-state index contributed by atoms with van der Waals surface area (Å²) in [6.45, 7) is -0.0977. The van der Waals surface area contributed by atoms with Crippen molar-refractivity contribution >= 4 is 17.7 Å². The van der Waals surface area contributed by atoms with Gasteiger partial charge in [-0.2, -0.15) is 0 Å². The lowest BCUT2D eigenvalue weighted by Gasteiger charge is -2.25. The predicted octanol–water partition coefficient (Wildman–Crippen LogP) is 0.408. The molecule has 1 saturated heterocycles. The lowest BCUT2D eigenvalue weighted by molar-refractivity contribution is -0.151. The molecule has 19 heavy (non-hydrogen) atoms. The number of carbonyl (C=O) groups is 3. The highest BCUT2D eigenvalue weighted by Crippen LogP contribution is 2.27. The summed E-state index contributed by atoms with van der Waals surface area (Å²) in [4.78, 5) is 36.1. The number of benzene rings is 1. The van der Waals surface area contributed by atoms with E-state index in [1.807, 2.05) is 0 Å². The van der Waals surface area contributed by atoms with E-state index in [1.54, 1.807) is 0 Å². The summed E-state index contributed by atoms with van der Waals surface area (Å²) in [7, 11) is 1.22. The van der Waals surface area contributed by atoms with E-state index in [-0.39, 0.29) is 24.5 Å². The average molecular weight is 263 g/mol. The molecule has 0 saturated carbocycles. The summed E-state index contributed by atoms with van der Waals surface area (Å²) in [6.07, 6.45) is -0.189. The van der Waals surface area contributed by atoms with Gasteiger partial charge in [-0.15, -0.1) is 0 Å². The number of hydrogen-bond donors (Lipinski definition) is 1. The third-order valence-electron chi connectivity index (χ3n) is 2.96. The first-order chi connectivity index (χ1) is 9.02. The lowest BCUT2D eigenvalue weighted by Crippen LogP contribution is -2.36. The van der Waals surface area contributed by atoms with Gasteiger partial charge in [-0.25, -0.2) is 4.79 Å². The summed E-state index contributed by atoms with van der Waals surface area (Å²) >= 11 is 0. The van der Waals surface area contributed by atoms with Crippen molar-refractivity contribution < 1.29 is 24.2 Å². The average Bonchev–Trinajstić information content (AvgIpc) is 2.71. The van der Waals surface area contributed by atoms with E-state index in [1.165, 1.54) is 36.3 Å². The molecule has 1 fully saturated rings. The van der Waals surface area contributed by atoms with Crippen molar-refractivity contribution in [3.63, 3.8) is 0 Å². The minimum Gasteiger partial charge on any atom is -0.508 e. The molecule has 1 amide bonds. The van der Waals surface area contributed by atoms with E-state index in [9.17, 15) is 19.5 Å². The number of amides is 1. The molecule has 2 rings (SSSR count). The predicted molar refractivity (Wildman–Crippen MR) is 64.2 cm³/mol.